The van der Waals surface area contributed by atoms with Crippen LogP contribution in [0.25, 0.3) is 0 Å². The summed E-state index contributed by atoms with van der Waals surface area (Å²) in [4.78, 5) is 26.4. The fraction of sp³-hybridized carbons (Fsp3) is 0.643. The van der Waals surface area contributed by atoms with Crippen molar-refractivity contribution >= 4 is 21.8 Å². The van der Waals surface area contributed by atoms with E-state index in [4.69, 9.17) is 0 Å². The Balaban J connectivity index is 1.56. The van der Waals surface area contributed by atoms with Crippen LogP contribution in [0.3, 0.4) is 0 Å². The maximum Gasteiger partial charge on any atom is 0.320 e. The number of hydrogen-bond acceptors (Lipinski definition) is 6. The van der Waals surface area contributed by atoms with E-state index < -0.39 is 9.84 Å². The highest BCUT2D eigenvalue weighted by Crippen LogP contribution is 2.19. The first kappa shape index (κ1) is 16.0. The van der Waals surface area contributed by atoms with Crippen LogP contribution in [-0.4, -0.2) is 85.0 Å². The Bertz CT molecular complexity index is 658. The number of sulfone groups is 1. The van der Waals surface area contributed by atoms with Crippen LogP contribution in [0.5, 0.6) is 0 Å². The van der Waals surface area contributed by atoms with Crippen LogP contribution >= 0.6 is 0 Å². The number of piperazine rings is 1. The lowest BCUT2D eigenvalue weighted by Crippen LogP contribution is -2.54. The summed E-state index contributed by atoms with van der Waals surface area (Å²) in [6.45, 7) is 2.51. The summed E-state index contributed by atoms with van der Waals surface area (Å²) in [5.41, 5.74) is 0. The Morgan fingerprint density at radius 3 is 2.43 bits per heavy atom. The van der Waals surface area contributed by atoms with Crippen LogP contribution in [0.1, 0.15) is 6.42 Å². The first-order valence-corrected chi connectivity index (χ1v) is 9.52. The quantitative estimate of drug-likeness (QED) is 0.744. The van der Waals surface area contributed by atoms with Gasteiger partial charge >= 0.3 is 6.03 Å². The molecule has 9 heteroatoms. The first-order valence-electron chi connectivity index (χ1n) is 7.70. The number of carbonyl (C=O) groups is 1. The van der Waals surface area contributed by atoms with Gasteiger partial charge in [-0.05, 0) is 12.5 Å². The van der Waals surface area contributed by atoms with Crippen molar-refractivity contribution in [2.24, 2.45) is 0 Å². The van der Waals surface area contributed by atoms with Gasteiger partial charge in [-0.2, -0.15) is 0 Å². The first-order chi connectivity index (χ1) is 11.0. The molecule has 1 unspecified atom stereocenters. The molecule has 0 N–H and O–H groups in total. The zero-order valence-corrected chi connectivity index (χ0v) is 13.9. The lowest BCUT2D eigenvalue weighted by atomic mass is 10.2. The normalized spacial score (nSPS) is 23.8. The number of nitrogens with zero attached hydrogens (tertiary/aromatic N) is 5. The van der Waals surface area contributed by atoms with Crippen molar-refractivity contribution in [1.29, 1.82) is 0 Å². The van der Waals surface area contributed by atoms with Crippen LogP contribution in [0.4, 0.5) is 10.7 Å². The highest BCUT2D eigenvalue weighted by Gasteiger charge is 2.35. The van der Waals surface area contributed by atoms with Crippen molar-refractivity contribution in [2.45, 2.75) is 12.5 Å². The molecule has 3 heterocycles. The van der Waals surface area contributed by atoms with Crippen molar-refractivity contribution in [3.05, 3.63) is 18.5 Å². The van der Waals surface area contributed by atoms with Crippen molar-refractivity contribution in [3.63, 3.8) is 0 Å². The van der Waals surface area contributed by atoms with Gasteiger partial charge in [0.25, 0.3) is 0 Å². The van der Waals surface area contributed by atoms with Crippen molar-refractivity contribution in [3.8, 4) is 0 Å². The summed E-state index contributed by atoms with van der Waals surface area (Å²) < 4.78 is 23.1. The molecule has 3 rings (SSSR count). The molecule has 0 bridgehead atoms. The van der Waals surface area contributed by atoms with Gasteiger partial charge in [-0.1, -0.05) is 0 Å². The summed E-state index contributed by atoms with van der Waals surface area (Å²) >= 11 is 0. The minimum atomic E-state index is -2.99. The van der Waals surface area contributed by atoms with E-state index in [0.717, 1.165) is 0 Å². The van der Waals surface area contributed by atoms with Gasteiger partial charge in [0.2, 0.25) is 5.95 Å². The molecule has 0 radical (unpaired) electrons. The second-order valence-corrected chi connectivity index (χ2v) is 8.20. The average molecular weight is 339 g/mol. The van der Waals surface area contributed by atoms with Crippen LogP contribution in [0.2, 0.25) is 0 Å². The van der Waals surface area contributed by atoms with Crippen LogP contribution < -0.4 is 4.90 Å². The van der Waals surface area contributed by atoms with E-state index in [1.807, 2.05) is 4.90 Å². The summed E-state index contributed by atoms with van der Waals surface area (Å²) in [7, 11) is -1.29. The Morgan fingerprint density at radius 2 is 1.87 bits per heavy atom. The molecule has 126 valence electrons. The van der Waals surface area contributed by atoms with Gasteiger partial charge in [-0.15, -0.1) is 0 Å². The Morgan fingerprint density at radius 1 is 1.22 bits per heavy atom. The highest BCUT2D eigenvalue weighted by atomic mass is 32.2. The Hall–Kier alpha value is -1.90. The van der Waals surface area contributed by atoms with E-state index in [2.05, 4.69) is 9.97 Å². The highest BCUT2D eigenvalue weighted by molar-refractivity contribution is 7.91. The number of carbonyl (C=O) groups excluding carboxylic acids is 1. The van der Waals surface area contributed by atoms with E-state index in [1.165, 1.54) is 0 Å². The number of rotatable bonds is 2. The standard InChI is InChI=1S/C14H21N5O3S/c1-17(12-3-10-23(21,22)11-12)14(20)19-8-6-18(7-9-19)13-15-4-2-5-16-13/h2,4-5,12H,3,6-11H2,1H3. The van der Waals surface area contributed by atoms with Gasteiger partial charge in [-0.3, -0.25) is 0 Å². The minimum Gasteiger partial charge on any atom is -0.337 e. The van der Waals surface area contributed by atoms with Gasteiger partial charge in [0.1, 0.15) is 0 Å². The van der Waals surface area contributed by atoms with E-state index in [9.17, 15) is 13.2 Å². The molecule has 8 nitrogen and oxygen atoms in total. The molecule has 1 atom stereocenters. The largest absolute Gasteiger partial charge is 0.337 e. The number of urea groups is 1. The SMILES string of the molecule is CN(C(=O)N1CCN(c2ncccn2)CC1)C1CCS(=O)(=O)C1. The van der Waals surface area contributed by atoms with Crippen molar-refractivity contribution < 1.29 is 13.2 Å². The molecule has 23 heavy (non-hydrogen) atoms. The van der Waals surface area contributed by atoms with Gasteiger partial charge in [0, 0.05) is 51.7 Å². The molecule has 0 saturated carbocycles. The molecular weight excluding hydrogens is 318 g/mol. The molecule has 2 saturated heterocycles. The summed E-state index contributed by atoms with van der Waals surface area (Å²) in [6.07, 6.45) is 3.94. The molecule has 2 fully saturated rings. The van der Waals surface area contributed by atoms with E-state index in [-0.39, 0.29) is 23.6 Å². The second-order valence-electron chi connectivity index (χ2n) is 5.97. The Kier molecular flexibility index (Phi) is 4.38. The molecular formula is C14H21N5O3S. The lowest BCUT2D eigenvalue weighted by molar-refractivity contribution is 0.147. The molecule has 0 spiro atoms. The zero-order valence-electron chi connectivity index (χ0n) is 13.1. The molecule has 2 aliphatic heterocycles. The average Bonchev–Trinajstić information content (AvgIpc) is 2.94. The molecule has 0 aliphatic carbocycles. The van der Waals surface area contributed by atoms with Crippen molar-refractivity contribution in [1.82, 2.24) is 19.8 Å². The van der Waals surface area contributed by atoms with Crippen LogP contribution in [-0.2, 0) is 9.84 Å². The smallest absolute Gasteiger partial charge is 0.320 e. The number of amides is 2. The summed E-state index contributed by atoms with van der Waals surface area (Å²) in [5.74, 6) is 0.927. The molecule has 2 amide bonds. The van der Waals surface area contributed by atoms with Crippen LogP contribution in [0, 0.1) is 0 Å². The van der Waals surface area contributed by atoms with Gasteiger partial charge in [0.05, 0.1) is 11.5 Å². The monoisotopic (exact) mass is 339 g/mol. The predicted molar refractivity (Wildman–Crippen MR) is 86.0 cm³/mol. The number of aromatic nitrogens is 2. The summed E-state index contributed by atoms with van der Waals surface area (Å²) in [5, 5.41) is 0. The maximum atomic E-state index is 12.5. The van der Waals surface area contributed by atoms with Crippen LogP contribution in [0.15, 0.2) is 18.5 Å². The Labute approximate surface area is 136 Å². The maximum absolute atomic E-state index is 12.5. The van der Waals surface area contributed by atoms with E-state index in [0.29, 0.717) is 38.5 Å². The zero-order chi connectivity index (χ0) is 16.4. The minimum absolute atomic E-state index is 0.0764. The van der Waals surface area contributed by atoms with Gasteiger partial charge in [0.15, 0.2) is 9.84 Å². The van der Waals surface area contributed by atoms with E-state index >= 15 is 0 Å². The fourth-order valence-electron chi connectivity index (χ4n) is 3.01. The molecule has 1 aromatic heterocycles. The predicted octanol–water partition coefficient (Wildman–Crippen LogP) is -0.162. The summed E-state index contributed by atoms with van der Waals surface area (Å²) in [6, 6.07) is 1.47. The number of hydrogen-bond donors (Lipinski definition) is 0. The fourth-order valence-corrected chi connectivity index (χ4v) is 4.79. The second kappa shape index (κ2) is 6.31. The lowest BCUT2D eigenvalue weighted by Gasteiger charge is -2.37. The topological polar surface area (TPSA) is 86.7 Å². The van der Waals surface area contributed by atoms with Crippen molar-refractivity contribution in [2.75, 3.05) is 49.6 Å². The molecule has 1 aromatic rings. The molecule has 2 aliphatic rings. The van der Waals surface area contributed by atoms with Gasteiger partial charge in [-0.25, -0.2) is 23.2 Å². The third-order valence-corrected chi connectivity index (χ3v) is 6.19. The third kappa shape index (κ3) is 3.54. The number of anilines is 1. The molecule has 0 aromatic carbocycles. The van der Waals surface area contributed by atoms with Gasteiger partial charge < -0.3 is 14.7 Å². The third-order valence-electron chi connectivity index (χ3n) is 4.44. The van der Waals surface area contributed by atoms with E-state index in [1.54, 1.807) is 35.3 Å².